The molecule has 0 aliphatic rings. The molecule has 0 aliphatic carbocycles. The molecule has 98 valence electrons. The molecule has 0 saturated heterocycles. The highest BCUT2D eigenvalue weighted by Gasteiger charge is 2.06. The lowest BCUT2D eigenvalue weighted by molar-refractivity contribution is -0.384. The van der Waals surface area contributed by atoms with E-state index in [1.165, 1.54) is 12.1 Å². The number of hydrogen-bond donors (Lipinski definition) is 0. The Morgan fingerprint density at radius 1 is 1.05 bits per heavy atom. The highest BCUT2D eigenvalue weighted by atomic mass is 16.6. The van der Waals surface area contributed by atoms with Gasteiger partial charge in [0, 0.05) is 12.1 Å². The number of hydrogen-bond acceptors (Lipinski definition) is 4. The van der Waals surface area contributed by atoms with Gasteiger partial charge in [-0.15, -0.1) is 0 Å². The van der Waals surface area contributed by atoms with Crippen LogP contribution in [0.25, 0.3) is 0 Å². The Kier molecular flexibility index (Phi) is 3.66. The Labute approximate surface area is 110 Å². The molecular formula is C14H13NO4. The molecule has 0 heterocycles. The van der Waals surface area contributed by atoms with E-state index in [1.54, 1.807) is 25.3 Å². The van der Waals surface area contributed by atoms with Crippen LogP contribution in [-0.4, -0.2) is 12.0 Å². The first-order valence-corrected chi connectivity index (χ1v) is 5.67. The quantitative estimate of drug-likeness (QED) is 0.620. The molecule has 2 aromatic carbocycles. The number of methoxy groups -OCH3 is 1. The van der Waals surface area contributed by atoms with E-state index in [9.17, 15) is 10.1 Å². The van der Waals surface area contributed by atoms with Gasteiger partial charge in [0.25, 0.3) is 5.69 Å². The lowest BCUT2D eigenvalue weighted by Crippen LogP contribution is -1.90. The zero-order valence-electron chi connectivity index (χ0n) is 10.6. The van der Waals surface area contributed by atoms with Gasteiger partial charge in [-0.3, -0.25) is 10.1 Å². The summed E-state index contributed by atoms with van der Waals surface area (Å²) in [5, 5.41) is 10.5. The maximum atomic E-state index is 10.5. The summed E-state index contributed by atoms with van der Waals surface area (Å²) in [7, 11) is 1.61. The normalized spacial score (nSPS) is 10.0. The first-order valence-electron chi connectivity index (χ1n) is 5.67. The Balaban J connectivity index is 2.16. The number of nitrogens with zero attached hydrogens (tertiary/aromatic N) is 1. The predicted molar refractivity (Wildman–Crippen MR) is 70.9 cm³/mol. The lowest BCUT2D eigenvalue weighted by atomic mass is 10.2. The van der Waals surface area contributed by atoms with E-state index in [4.69, 9.17) is 9.47 Å². The van der Waals surface area contributed by atoms with Gasteiger partial charge in [0.15, 0.2) is 0 Å². The first kappa shape index (κ1) is 12.9. The Morgan fingerprint density at radius 2 is 1.68 bits per heavy atom. The largest absolute Gasteiger partial charge is 0.496 e. The van der Waals surface area contributed by atoms with Crippen molar-refractivity contribution in [3.05, 3.63) is 58.1 Å². The van der Waals surface area contributed by atoms with Gasteiger partial charge in [0.1, 0.15) is 17.2 Å². The van der Waals surface area contributed by atoms with Crippen LogP contribution in [0.3, 0.4) is 0 Å². The number of benzene rings is 2. The second-order valence-electron chi connectivity index (χ2n) is 3.98. The highest BCUT2D eigenvalue weighted by molar-refractivity contribution is 5.42. The van der Waals surface area contributed by atoms with Gasteiger partial charge in [-0.1, -0.05) is 0 Å². The minimum atomic E-state index is -0.443. The van der Waals surface area contributed by atoms with Crippen molar-refractivity contribution < 1.29 is 14.4 Å². The van der Waals surface area contributed by atoms with E-state index in [0.29, 0.717) is 11.5 Å². The van der Waals surface area contributed by atoms with E-state index in [1.807, 2.05) is 19.1 Å². The third kappa shape index (κ3) is 3.01. The molecule has 0 unspecified atom stereocenters. The molecule has 0 fully saturated rings. The van der Waals surface area contributed by atoms with Gasteiger partial charge >= 0.3 is 0 Å². The van der Waals surface area contributed by atoms with Crippen LogP contribution in [-0.2, 0) is 0 Å². The smallest absolute Gasteiger partial charge is 0.269 e. The van der Waals surface area contributed by atoms with Crippen LogP contribution < -0.4 is 9.47 Å². The SMILES string of the molecule is COc1ccc(Oc2ccc([N+](=O)[O-])cc2)cc1C. The van der Waals surface area contributed by atoms with E-state index in [2.05, 4.69) is 0 Å². The van der Waals surface area contributed by atoms with Crippen LogP contribution in [0, 0.1) is 17.0 Å². The van der Waals surface area contributed by atoms with Crippen molar-refractivity contribution in [3.63, 3.8) is 0 Å². The second kappa shape index (κ2) is 5.39. The van der Waals surface area contributed by atoms with Gasteiger partial charge in [-0.25, -0.2) is 0 Å². The maximum Gasteiger partial charge on any atom is 0.269 e. The average molecular weight is 259 g/mol. The average Bonchev–Trinajstić information content (AvgIpc) is 2.39. The van der Waals surface area contributed by atoms with Gasteiger partial charge in [0.05, 0.1) is 12.0 Å². The number of aryl methyl sites for hydroxylation is 1. The number of ether oxygens (including phenoxy) is 2. The fourth-order valence-electron chi connectivity index (χ4n) is 1.69. The predicted octanol–water partition coefficient (Wildman–Crippen LogP) is 3.70. The van der Waals surface area contributed by atoms with Crippen molar-refractivity contribution in [2.24, 2.45) is 0 Å². The van der Waals surface area contributed by atoms with E-state index in [0.717, 1.165) is 11.3 Å². The number of non-ortho nitro benzene ring substituents is 1. The molecular weight excluding hydrogens is 246 g/mol. The summed E-state index contributed by atoms with van der Waals surface area (Å²) < 4.78 is 10.8. The number of nitro groups is 1. The van der Waals surface area contributed by atoms with E-state index < -0.39 is 4.92 Å². The van der Waals surface area contributed by atoms with Crippen molar-refractivity contribution in [2.45, 2.75) is 6.92 Å². The standard InChI is InChI=1S/C14H13NO4/c1-10-9-13(7-8-14(10)18-2)19-12-5-3-11(4-6-12)15(16)17/h3-9H,1-2H3. The van der Waals surface area contributed by atoms with Crippen molar-refractivity contribution in [2.75, 3.05) is 7.11 Å². The monoisotopic (exact) mass is 259 g/mol. The molecule has 0 aliphatic heterocycles. The molecule has 2 rings (SSSR count). The minimum Gasteiger partial charge on any atom is -0.496 e. The summed E-state index contributed by atoms with van der Waals surface area (Å²) in [6, 6.07) is 11.4. The third-order valence-electron chi connectivity index (χ3n) is 2.65. The van der Waals surface area contributed by atoms with Crippen LogP contribution in [0.5, 0.6) is 17.2 Å². The van der Waals surface area contributed by atoms with Crippen LogP contribution in [0.2, 0.25) is 0 Å². The molecule has 0 amide bonds. The summed E-state index contributed by atoms with van der Waals surface area (Å²) in [6.07, 6.45) is 0. The summed E-state index contributed by atoms with van der Waals surface area (Å²) >= 11 is 0. The van der Waals surface area contributed by atoms with Crippen LogP contribution >= 0.6 is 0 Å². The first-order chi connectivity index (χ1) is 9.10. The van der Waals surface area contributed by atoms with E-state index in [-0.39, 0.29) is 5.69 Å². The van der Waals surface area contributed by atoms with Gasteiger partial charge in [-0.2, -0.15) is 0 Å². The fraction of sp³-hybridized carbons (Fsp3) is 0.143. The Bertz CT molecular complexity index is 593. The molecule has 0 spiro atoms. The zero-order chi connectivity index (χ0) is 13.8. The molecule has 5 heteroatoms. The van der Waals surface area contributed by atoms with Crippen LogP contribution in [0.1, 0.15) is 5.56 Å². The summed E-state index contributed by atoms with van der Waals surface area (Å²) in [4.78, 5) is 10.1. The van der Waals surface area contributed by atoms with Gasteiger partial charge in [-0.05, 0) is 42.8 Å². The minimum absolute atomic E-state index is 0.0401. The van der Waals surface area contributed by atoms with Gasteiger partial charge < -0.3 is 9.47 Å². The fourth-order valence-corrected chi connectivity index (χ4v) is 1.69. The van der Waals surface area contributed by atoms with Crippen LogP contribution in [0.4, 0.5) is 5.69 Å². The van der Waals surface area contributed by atoms with Crippen molar-refractivity contribution in [3.8, 4) is 17.2 Å². The molecule has 0 radical (unpaired) electrons. The Hall–Kier alpha value is -2.56. The van der Waals surface area contributed by atoms with Gasteiger partial charge in [0.2, 0.25) is 0 Å². The summed E-state index contributed by atoms with van der Waals surface area (Å²) in [6.45, 7) is 1.92. The van der Waals surface area contributed by atoms with Crippen LogP contribution in [0.15, 0.2) is 42.5 Å². The molecule has 19 heavy (non-hydrogen) atoms. The molecule has 0 N–H and O–H groups in total. The van der Waals surface area contributed by atoms with Crippen molar-refractivity contribution >= 4 is 5.69 Å². The lowest BCUT2D eigenvalue weighted by Gasteiger charge is -2.08. The molecule has 0 aromatic heterocycles. The molecule has 2 aromatic rings. The highest BCUT2D eigenvalue weighted by Crippen LogP contribution is 2.28. The molecule has 0 bridgehead atoms. The molecule has 5 nitrogen and oxygen atoms in total. The number of nitro benzene ring substituents is 1. The van der Waals surface area contributed by atoms with Crippen molar-refractivity contribution in [1.82, 2.24) is 0 Å². The third-order valence-corrected chi connectivity index (χ3v) is 2.65. The maximum absolute atomic E-state index is 10.5. The summed E-state index contributed by atoms with van der Waals surface area (Å²) in [5.41, 5.74) is 1.00. The topological polar surface area (TPSA) is 61.6 Å². The molecule has 0 saturated carbocycles. The summed E-state index contributed by atoms with van der Waals surface area (Å²) in [5.74, 6) is 2.00. The second-order valence-corrected chi connectivity index (χ2v) is 3.98. The Morgan fingerprint density at radius 3 is 2.21 bits per heavy atom. The molecule has 0 atom stereocenters. The van der Waals surface area contributed by atoms with E-state index >= 15 is 0 Å². The zero-order valence-corrected chi connectivity index (χ0v) is 10.6. The number of rotatable bonds is 4. The van der Waals surface area contributed by atoms with Crippen molar-refractivity contribution in [1.29, 1.82) is 0 Å².